The molecule has 0 aromatic heterocycles. The zero-order valence-corrected chi connectivity index (χ0v) is 23.8. The second-order valence-electron chi connectivity index (χ2n) is 9.78. The van der Waals surface area contributed by atoms with E-state index in [1.165, 1.54) is 6.42 Å². The Kier molecular flexibility index (Phi) is 11.0. The van der Waals surface area contributed by atoms with Gasteiger partial charge in [-0.2, -0.15) is 0 Å². The van der Waals surface area contributed by atoms with Crippen molar-refractivity contribution in [2.24, 2.45) is 0 Å². The summed E-state index contributed by atoms with van der Waals surface area (Å²) in [5.74, 6) is 0.797. The molecule has 0 heterocycles. The molecule has 1 saturated carbocycles. The average Bonchev–Trinajstić information content (AvgIpc) is 2.93. The fourth-order valence-electron chi connectivity index (χ4n) is 4.85. The summed E-state index contributed by atoms with van der Waals surface area (Å²) in [6, 6.07) is 24.7. The summed E-state index contributed by atoms with van der Waals surface area (Å²) in [5.41, 5.74) is 2.93. The molecule has 3 aromatic carbocycles. The van der Waals surface area contributed by atoms with Crippen molar-refractivity contribution in [1.29, 1.82) is 0 Å². The summed E-state index contributed by atoms with van der Waals surface area (Å²) in [6.07, 6.45) is 5.83. The first-order valence-corrected chi connectivity index (χ1v) is 15.1. The van der Waals surface area contributed by atoms with Gasteiger partial charge in [0.15, 0.2) is 0 Å². The van der Waals surface area contributed by atoms with Gasteiger partial charge in [0.05, 0.1) is 5.75 Å². The lowest BCUT2D eigenvalue weighted by Crippen LogP contribution is -2.53. The molecule has 0 aliphatic heterocycles. The van der Waals surface area contributed by atoms with E-state index in [0.29, 0.717) is 16.5 Å². The molecular formula is C31H34Cl2N2O2S. The largest absolute Gasteiger partial charge is 0.352 e. The Labute approximate surface area is 240 Å². The normalized spacial score (nSPS) is 14.6. The molecule has 1 aliphatic carbocycles. The van der Waals surface area contributed by atoms with E-state index in [-0.39, 0.29) is 30.2 Å². The van der Waals surface area contributed by atoms with Gasteiger partial charge in [-0.05, 0) is 41.7 Å². The Hall–Kier alpha value is -2.47. The molecule has 1 N–H and O–H groups in total. The maximum Gasteiger partial charge on any atom is 0.243 e. The molecule has 0 unspecified atom stereocenters. The van der Waals surface area contributed by atoms with Gasteiger partial charge in [0.1, 0.15) is 6.04 Å². The first-order valence-electron chi connectivity index (χ1n) is 13.2. The van der Waals surface area contributed by atoms with Crippen LogP contribution in [0.25, 0.3) is 0 Å². The molecule has 2 amide bonds. The predicted octanol–water partition coefficient (Wildman–Crippen LogP) is 7.32. The van der Waals surface area contributed by atoms with Crippen molar-refractivity contribution in [2.45, 2.75) is 62.9 Å². The van der Waals surface area contributed by atoms with Crippen molar-refractivity contribution in [1.82, 2.24) is 10.2 Å². The number of rotatable bonds is 11. The van der Waals surface area contributed by atoms with E-state index >= 15 is 0 Å². The maximum absolute atomic E-state index is 13.8. The molecule has 4 rings (SSSR count). The second-order valence-corrected chi connectivity index (χ2v) is 11.6. The molecular weight excluding hydrogens is 535 g/mol. The third-order valence-electron chi connectivity index (χ3n) is 6.92. The number of nitrogens with one attached hydrogen (secondary N) is 1. The van der Waals surface area contributed by atoms with Crippen LogP contribution in [0.4, 0.5) is 0 Å². The molecule has 38 heavy (non-hydrogen) atoms. The minimum atomic E-state index is -0.657. The van der Waals surface area contributed by atoms with Crippen molar-refractivity contribution < 1.29 is 9.59 Å². The van der Waals surface area contributed by atoms with Gasteiger partial charge >= 0.3 is 0 Å². The number of benzene rings is 3. The van der Waals surface area contributed by atoms with Crippen molar-refractivity contribution in [3.05, 3.63) is 106 Å². The first kappa shape index (κ1) is 28.5. The number of carbonyl (C=O) groups is 2. The Balaban J connectivity index is 1.59. The Morgan fingerprint density at radius 3 is 2.21 bits per heavy atom. The number of thioether (sulfide) groups is 1. The van der Waals surface area contributed by atoms with E-state index in [4.69, 9.17) is 23.2 Å². The Bertz CT molecular complexity index is 1190. The molecule has 1 fully saturated rings. The van der Waals surface area contributed by atoms with Crippen LogP contribution in [0.15, 0.2) is 78.9 Å². The zero-order valence-electron chi connectivity index (χ0n) is 21.5. The monoisotopic (exact) mass is 568 g/mol. The van der Waals surface area contributed by atoms with E-state index in [9.17, 15) is 9.59 Å². The summed E-state index contributed by atoms with van der Waals surface area (Å²) in [5, 5.41) is 4.29. The SMILES string of the molecule is O=C(NC1CCCCC1)[C@H](Cc1ccccc1)N(Cc1ccc(Cl)cc1Cl)C(=O)CSCc1ccccc1. The van der Waals surface area contributed by atoms with Gasteiger partial charge in [-0.15, -0.1) is 11.8 Å². The Morgan fingerprint density at radius 1 is 0.895 bits per heavy atom. The molecule has 0 spiro atoms. The lowest BCUT2D eigenvalue weighted by atomic mass is 9.94. The Morgan fingerprint density at radius 2 is 1.55 bits per heavy atom. The smallest absolute Gasteiger partial charge is 0.243 e. The van der Waals surface area contributed by atoms with E-state index in [0.717, 1.165) is 48.1 Å². The molecule has 0 radical (unpaired) electrons. The van der Waals surface area contributed by atoms with Crippen LogP contribution in [0.3, 0.4) is 0 Å². The molecule has 3 aromatic rings. The van der Waals surface area contributed by atoms with Crippen molar-refractivity contribution in [2.75, 3.05) is 5.75 Å². The molecule has 0 bridgehead atoms. The third kappa shape index (κ3) is 8.52. The number of hydrogen-bond acceptors (Lipinski definition) is 3. The van der Waals surface area contributed by atoms with E-state index in [2.05, 4.69) is 17.4 Å². The molecule has 7 heteroatoms. The predicted molar refractivity (Wildman–Crippen MR) is 159 cm³/mol. The summed E-state index contributed by atoms with van der Waals surface area (Å²) in [7, 11) is 0. The van der Waals surface area contributed by atoms with Crippen LogP contribution >= 0.6 is 35.0 Å². The van der Waals surface area contributed by atoms with Gasteiger partial charge in [-0.25, -0.2) is 0 Å². The third-order valence-corrected chi connectivity index (χ3v) is 8.49. The topological polar surface area (TPSA) is 49.4 Å². The minimum absolute atomic E-state index is 0.0864. The van der Waals surface area contributed by atoms with Crippen molar-refractivity contribution in [3.63, 3.8) is 0 Å². The van der Waals surface area contributed by atoms with Gasteiger partial charge in [0.2, 0.25) is 11.8 Å². The highest BCUT2D eigenvalue weighted by Gasteiger charge is 2.32. The van der Waals surface area contributed by atoms with E-state index < -0.39 is 6.04 Å². The van der Waals surface area contributed by atoms with Crippen LogP contribution in [0.2, 0.25) is 10.0 Å². The minimum Gasteiger partial charge on any atom is -0.352 e. The molecule has 1 aliphatic rings. The number of amides is 2. The van der Waals surface area contributed by atoms with Gasteiger partial charge < -0.3 is 10.2 Å². The lowest BCUT2D eigenvalue weighted by molar-refractivity contribution is -0.139. The average molecular weight is 570 g/mol. The molecule has 200 valence electrons. The number of carbonyl (C=O) groups excluding carboxylic acids is 2. The van der Waals surface area contributed by atoms with Crippen LogP contribution < -0.4 is 5.32 Å². The molecule has 4 nitrogen and oxygen atoms in total. The summed E-state index contributed by atoms with van der Waals surface area (Å²) >= 11 is 14.2. The van der Waals surface area contributed by atoms with Crippen LogP contribution in [0, 0.1) is 0 Å². The highest BCUT2D eigenvalue weighted by molar-refractivity contribution is 7.99. The summed E-state index contributed by atoms with van der Waals surface area (Å²) in [6.45, 7) is 0.232. The summed E-state index contributed by atoms with van der Waals surface area (Å²) < 4.78 is 0. The van der Waals surface area contributed by atoms with Gasteiger partial charge in [0, 0.05) is 34.8 Å². The number of halogens is 2. The fourth-order valence-corrected chi connectivity index (χ4v) is 6.18. The van der Waals surface area contributed by atoms with E-state index in [1.54, 1.807) is 28.8 Å². The van der Waals surface area contributed by atoms with Crippen molar-refractivity contribution in [3.8, 4) is 0 Å². The number of hydrogen-bond donors (Lipinski definition) is 1. The maximum atomic E-state index is 13.8. The van der Waals surface area contributed by atoms with E-state index in [1.807, 2.05) is 54.6 Å². The van der Waals surface area contributed by atoms with Gasteiger partial charge in [-0.1, -0.05) is 109 Å². The first-order chi connectivity index (χ1) is 18.5. The van der Waals surface area contributed by atoms with Crippen LogP contribution in [0.1, 0.15) is 48.8 Å². The van der Waals surface area contributed by atoms with Gasteiger partial charge in [0.25, 0.3) is 0 Å². The number of nitrogens with zero attached hydrogens (tertiary/aromatic N) is 1. The highest BCUT2D eigenvalue weighted by atomic mass is 35.5. The zero-order chi connectivity index (χ0) is 26.7. The lowest BCUT2D eigenvalue weighted by Gasteiger charge is -2.33. The fraction of sp³-hybridized carbons (Fsp3) is 0.355. The van der Waals surface area contributed by atoms with Crippen LogP contribution in [-0.2, 0) is 28.3 Å². The highest BCUT2D eigenvalue weighted by Crippen LogP contribution is 2.25. The van der Waals surface area contributed by atoms with Crippen molar-refractivity contribution >= 4 is 46.8 Å². The second kappa shape index (κ2) is 14.6. The molecule has 1 atom stereocenters. The quantitative estimate of drug-likeness (QED) is 0.263. The van der Waals surface area contributed by atoms with Gasteiger partial charge in [-0.3, -0.25) is 9.59 Å². The summed E-state index contributed by atoms with van der Waals surface area (Å²) in [4.78, 5) is 29.3. The molecule has 0 saturated heterocycles. The van der Waals surface area contributed by atoms with Crippen LogP contribution in [-0.4, -0.2) is 34.6 Å². The van der Waals surface area contributed by atoms with Crippen LogP contribution in [0.5, 0.6) is 0 Å². The standard InChI is InChI=1S/C31H34Cl2N2O2S/c32-26-17-16-25(28(33)19-26)20-35(30(36)22-38-21-24-12-6-2-7-13-24)29(18-23-10-4-1-5-11-23)31(37)34-27-14-8-3-9-15-27/h1-2,4-7,10-13,16-17,19,27,29H,3,8-9,14-15,18,20-22H2,(H,34,37)/t29-/m0/s1.